The van der Waals surface area contributed by atoms with Crippen LogP contribution < -0.4 is 0 Å². The summed E-state index contributed by atoms with van der Waals surface area (Å²) < 4.78 is -0.0931. The second-order valence-corrected chi connectivity index (χ2v) is 9.92. The average molecular weight is 329 g/mol. The number of rotatable bonds is 9. The first kappa shape index (κ1) is 20.0. The first-order valence-corrected chi connectivity index (χ1v) is 9.96. The molecule has 0 radical (unpaired) electrons. The lowest BCUT2D eigenvalue weighted by Gasteiger charge is -2.43. The van der Waals surface area contributed by atoms with E-state index in [2.05, 4.69) is 34.6 Å². The van der Waals surface area contributed by atoms with E-state index in [1.54, 1.807) is 0 Å². The van der Waals surface area contributed by atoms with Gasteiger partial charge in [-0.2, -0.15) is 0 Å². The van der Waals surface area contributed by atoms with Gasteiger partial charge in [0, 0.05) is 22.3 Å². The van der Waals surface area contributed by atoms with Gasteiger partial charge in [-0.05, 0) is 44.4 Å². The molecule has 3 heteroatoms. The number of hydrogen-bond donors (Lipinski definition) is 1. The second kappa shape index (κ2) is 8.73. The normalized spacial score (nSPS) is 27.4. The van der Waals surface area contributed by atoms with Gasteiger partial charge in [-0.15, -0.1) is 11.8 Å². The minimum Gasteiger partial charge on any atom is -0.395 e. The Morgan fingerprint density at radius 3 is 2.55 bits per heavy atom. The van der Waals surface area contributed by atoms with E-state index < -0.39 is 0 Å². The molecule has 3 atom stereocenters. The quantitative estimate of drug-likeness (QED) is 0.630. The summed E-state index contributed by atoms with van der Waals surface area (Å²) in [7, 11) is 0. The third-order valence-corrected chi connectivity index (χ3v) is 6.84. The van der Waals surface area contributed by atoms with Gasteiger partial charge in [-0.1, -0.05) is 40.5 Å². The molecule has 0 aromatic heterocycles. The summed E-state index contributed by atoms with van der Waals surface area (Å²) in [6, 6.07) is 0. The molecule has 0 spiro atoms. The van der Waals surface area contributed by atoms with Crippen molar-refractivity contribution in [1.82, 2.24) is 0 Å². The molecule has 22 heavy (non-hydrogen) atoms. The zero-order valence-corrected chi connectivity index (χ0v) is 16.1. The summed E-state index contributed by atoms with van der Waals surface area (Å²) in [5.74, 6) is 0.645. The van der Waals surface area contributed by atoms with E-state index in [-0.39, 0.29) is 22.7 Å². The van der Waals surface area contributed by atoms with E-state index in [9.17, 15) is 9.90 Å². The van der Waals surface area contributed by atoms with Crippen LogP contribution in [-0.4, -0.2) is 27.5 Å². The summed E-state index contributed by atoms with van der Waals surface area (Å²) >= 11 is 1.89. The molecule has 0 saturated heterocycles. The number of thioether (sulfide) groups is 1. The maximum Gasteiger partial charge on any atom is 0.137 e. The van der Waals surface area contributed by atoms with E-state index in [4.69, 9.17) is 0 Å². The molecule has 0 aromatic rings. The zero-order valence-electron chi connectivity index (χ0n) is 15.3. The van der Waals surface area contributed by atoms with E-state index in [1.165, 1.54) is 6.42 Å². The molecular weight excluding hydrogens is 292 g/mol. The fraction of sp³-hybridized carbons (Fsp3) is 0.947. The van der Waals surface area contributed by atoms with Crippen LogP contribution in [0.1, 0.15) is 86.0 Å². The topological polar surface area (TPSA) is 37.3 Å². The molecule has 1 fully saturated rings. The lowest BCUT2D eigenvalue weighted by atomic mass is 9.70. The van der Waals surface area contributed by atoms with Gasteiger partial charge in [0.25, 0.3) is 0 Å². The molecule has 1 aliphatic rings. The number of ketones is 1. The van der Waals surface area contributed by atoms with Gasteiger partial charge in [-0.25, -0.2) is 0 Å². The molecule has 1 saturated carbocycles. The largest absolute Gasteiger partial charge is 0.395 e. The van der Waals surface area contributed by atoms with Gasteiger partial charge < -0.3 is 5.11 Å². The maximum atomic E-state index is 12.7. The number of aliphatic hydroxyl groups is 1. The van der Waals surface area contributed by atoms with Crippen molar-refractivity contribution in [2.45, 2.75) is 96.0 Å². The number of aliphatic hydroxyl groups excluding tert-OH is 1. The van der Waals surface area contributed by atoms with Crippen LogP contribution in [0.15, 0.2) is 0 Å². The van der Waals surface area contributed by atoms with Gasteiger partial charge in [0.05, 0.1) is 6.61 Å². The first-order valence-electron chi connectivity index (χ1n) is 9.08. The smallest absolute Gasteiger partial charge is 0.137 e. The second-order valence-electron chi connectivity index (χ2n) is 8.10. The number of Topliss-reactive ketones (excluding diaryl/α,β-unsaturated/α-hetero) is 1. The summed E-state index contributed by atoms with van der Waals surface area (Å²) in [5.41, 5.74) is 0.282. The maximum absolute atomic E-state index is 12.7. The van der Waals surface area contributed by atoms with Crippen molar-refractivity contribution < 1.29 is 9.90 Å². The molecule has 130 valence electrons. The minimum absolute atomic E-state index is 0.0931. The Labute approximate surface area is 141 Å². The molecule has 0 bridgehead atoms. The molecule has 0 aliphatic heterocycles. The monoisotopic (exact) mass is 328 g/mol. The SMILES string of the molecule is CCCCC(=O)C1CC(C)(C)CCC1SC(C)(CO)CCC. The lowest BCUT2D eigenvalue weighted by molar-refractivity contribution is -0.124. The van der Waals surface area contributed by atoms with E-state index >= 15 is 0 Å². The Bertz CT molecular complexity index is 353. The minimum atomic E-state index is -0.0931. The zero-order chi connectivity index (χ0) is 16.8. The van der Waals surface area contributed by atoms with Gasteiger partial charge in [0.2, 0.25) is 0 Å². The molecule has 3 unspecified atom stereocenters. The summed E-state index contributed by atoms with van der Waals surface area (Å²) in [4.78, 5) is 12.7. The number of carbonyl (C=O) groups is 1. The third kappa shape index (κ3) is 5.88. The molecule has 1 N–H and O–H groups in total. The molecule has 0 amide bonds. The van der Waals surface area contributed by atoms with Crippen molar-refractivity contribution in [3.05, 3.63) is 0 Å². The van der Waals surface area contributed by atoms with Crippen LogP contribution in [0.4, 0.5) is 0 Å². The van der Waals surface area contributed by atoms with Crippen molar-refractivity contribution in [1.29, 1.82) is 0 Å². The van der Waals surface area contributed by atoms with Gasteiger partial charge in [0.1, 0.15) is 5.78 Å². The van der Waals surface area contributed by atoms with Crippen LogP contribution in [0.3, 0.4) is 0 Å². The standard InChI is InChI=1S/C19H36O2S/c1-6-8-9-16(21)15-13-18(3,4)12-10-17(15)22-19(5,14-20)11-7-2/h15,17,20H,6-14H2,1-5H3. The highest BCUT2D eigenvalue weighted by Crippen LogP contribution is 2.48. The Morgan fingerprint density at radius 1 is 1.32 bits per heavy atom. The first-order chi connectivity index (χ1) is 10.3. The van der Waals surface area contributed by atoms with Crippen LogP contribution in [0.2, 0.25) is 0 Å². The van der Waals surface area contributed by atoms with Crippen LogP contribution in [-0.2, 0) is 4.79 Å². The number of hydrogen-bond acceptors (Lipinski definition) is 3. The molecule has 1 aliphatic carbocycles. The van der Waals surface area contributed by atoms with Gasteiger partial charge in [0.15, 0.2) is 0 Å². The predicted octanol–water partition coefficient (Wildman–Crippen LogP) is 5.22. The number of carbonyl (C=O) groups excluding carboxylic acids is 1. The molecule has 0 aromatic carbocycles. The number of unbranched alkanes of at least 4 members (excludes halogenated alkanes) is 1. The third-order valence-electron chi connectivity index (χ3n) is 5.07. The molecule has 0 heterocycles. The van der Waals surface area contributed by atoms with Crippen LogP contribution in [0, 0.1) is 11.3 Å². The van der Waals surface area contributed by atoms with Crippen LogP contribution in [0.5, 0.6) is 0 Å². The highest BCUT2D eigenvalue weighted by atomic mass is 32.2. The summed E-state index contributed by atoms with van der Waals surface area (Å²) in [5, 5.41) is 10.2. The fourth-order valence-electron chi connectivity index (χ4n) is 3.63. The average Bonchev–Trinajstić information content (AvgIpc) is 2.46. The molecule has 2 nitrogen and oxygen atoms in total. The van der Waals surface area contributed by atoms with Crippen molar-refractivity contribution in [2.24, 2.45) is 11.3 Å². The van der Waals surface area contributed by atoms with E-state index in [0.717, 1.165) is 44.9 Å². The van der Waals surface area contributed by atoms with Crippen LogP contribution >= 0.6 is 11.8 Å². The lowest BCUT2D eigenvalue weighted by Crippen LogP contribution is -2.40. The van der Waals surface area contributed by atoms with Crippen molar-refractivity contribution in [2.75, 3.05) is 6.61 Å². The summed E-state index contributed by atoms with van der Waals surface area (Å²) in [6.45, 7) is 11.3. The molecular formula is C19H36O2S. The predicted molar refractivity (Wildman–Crippen MR) is 97.4 cm³/mol. The Kier molecular flexibility index (Phi) is 7.94. The highest BCUT2D eigenvalue weighted by molar-refractivity contribution is 8.01. The highest BCUT2D eigenvalue weighted by Gasteiger charge is 2.41. The Balaban J connectivity index is 2.82. The fourth-order valence-corrected chi connectivity index (χ4v) is 5.41. The summed E-state index contributed by atoms with van der Waals surface area (Å²) in [6.07, 6.45) is 8.25. The van der Waals surface area contributed by atoms with Gasteiger partial charge >= 0.3 is 0 Å². The van der Waals surface area contributed by atoms with Crippen molar-refractivity contribution >= 4 is 17.5 Å². The Hall–Kier alpha value is -0.0200. The van der Waals surface area contributed by atoms with E-state index in [1.807, 2.05) is 11.8 Å². The van der Waals surface area contributed by atoms with Gasteiger partial charge in [-0.3, -0.25) is 4.79 Å². The van der Waals surface area contributed by atoms with E-state index in [0.29, 0.717) is 11.0 Å². The van der Waals surface area contributed by atoms with Crippen LogP contribution in [0.25, 0.3) is 0 Å². The van der Waals surface area contributed by atoms with Crippen molar-refractivity contribution in [3.63, 3.8) is 0 Å². The molecule has 1 rings (SSSR count). The Morgan fingerprint density at radius 2 is 2.00 bits per heavy atom. The van der Waals surface area contributed by atoms with Crippen molar-refractivity contribution in [3.8, 4) is 0 Å².